The molecule has 0 aliphatic carbocycles. The summed E-state index contributed by atoms with van der Waals surface area (Å²) in [4.78, 5) is 1.99. The van der Waals surface area contributed by atoms with Crippen LogP contribution in [0.15, 0.2) is 0 Å². The molecule has 0 amide bonds. The predicted molar refractivity (Wildman–Crippen MR) is 69.0 cm³/mol. The van der Waals surface area contributed by atoms with Gasteiger partial charge in [0.25, 0.3) is 0 Å². The minimum absolute atomic E-state index is 0.0671. The van der Waals surface area contributed by atoms with Crippen molar-refractivity contribution in [3.63, 3.8) is 0 Å². The van der Waals surface area contributed by atoms with E-state index >= 15 is 0 Å². The molecule has 5 N–H and O–H groups in total. The van der Waals surface area contributed by atoms with Gasteiger partial charge in [-0.1, -0.05) is 6.92 Å². The molecule has 16 heavy (non-hydrogen) atoms. The SMILES string of the molecule is CCN(C(C)O)C(CC(C)(C)N)C(C)(C)N. The van der Waals surface area contributed by atoms with E-state index in [-0.39, 0.29) is 17.1 Å². The summed E-state index contributed by atoms with van der Waals surface area (Å²) >= 11 is 0. The molecular formula is C12H29N3O. The summed E-state index contributed by atoms with van der Waals surface area (Å²) in [6.07, 6.45) is 0.259. The second kappa shape index (κ2) is 5.45. The number of aliphatic hydroxyl groups excluding tert-OH is 1. The van der Waals surface area contributed by atoms with E-state index in [9.17, 15) is 5.11 Å². The van der Waals surface area contributed by atoms with Gasteiger partial charge >= 0.3 is 0 Å². The van der Waals surface area contributed by atoms with Gasteiger partial charge in [-0.25, -0.2) is 0 Å². The molecule has 0 spiro atoms. The minimum atomic E-state index is -0.500. The monoisotopic (exact) mass is 231 g/mol. The highest BCUT2D eigenvalue weighted by molar-refractivity contribution is 4.95. The second-order valence-corrected chi connectivity index (χ2v) is 5.99. The number of hydrogen-bond donors (Lipinski definition) is 3. The van der Waals surface area contributed by atoms with E-state index in [2.05, 4.69) is 0 Å². The Labute approximate surface area is 100.0 Å². The predicted octanol–water partition coefficient (Wildman–Crippen LogP) is 0.880. The zero-order valence-electron chi connectivity index (χ0n) is 11.6. The molecule has 0 rings (SSSR count). The molecule has 4 nitrogen and oxygen atoms in total. The minimum Gasteiger partial charge on any atom is -0.379 e. The first-order valence-electron chi connectivity index (χ1n) is 6.00. The molecule has 0 saturated carbocycles. The van der Waals surface area contributed by atoms with Crippen LogP contribution in [-0.2, 0) is 0 Å². The Hall–Kier alpha value is -0.160. The molecule has 0 radical (unpaired) electrons. The van der Waals surface area contributed by atoms with Crippen molar-refractivity contribution < 1.29 is 5.11 Å². The molecule has 98 valence electrons. The topological polar surface area (TPSA) is 75.5 Å². The number of nitrogens with zero attached hydrogens (tertiary/aromatic N) is 1. The van der Waals surface area contributed by atoms with Gasteiger partial charge in [0.15, 0.2) is 0 Å². The summed E-state index contributed by atoms with van der Waals surface area (Å²) in [5.41, 5.74) is 11.6. The third-order valence-electron chi connectivity index (χ3n) is 2.82. The maximum atomic E-state index is 9.77. The van der Waals surface area contributed by atoms with Gasteiger partial charge in [0.1, 0.15) is 6.23 Å². The van der Waals surface area contributed by atoms with Gasteiger partial charge in [-0.3, -0.25) is 4.90 Å². The molecule has 0 saturated heterocycles. The lowest BCUT2D eigenvalue weighted by atomic mass is 9.84. The van der Waals surface area contributed by atoms with Crippen molar-refractivity contribution in [2.24, 2.45) is 11.5 Å². The molecule has 2 unspecified atom stereocenters. The highest BCUT2D eigenvalue weighted by Crippen LogP contribution is 2.23. The number of hydrogen-bond acceptors (Lipinski definition) is 4. The van der Waals surface area contributed by atoms with E-state index in [1.54, 1.807) is 6.92 Å². The van der Waals surface area contributed by atoms with Crippen LogP contribution in [0.3, 0.4) is 0 Å². The normalized spacial score (nSPS) is 17.6. The first kappa shape index (κ1) is 15.8. The fourth-order valence-electron chi connectivity index (χ4n) is 2.05. The van der Waals surface area contributed by atoms with E-state index in [1.165, 1.54) is 0 Å². The van der Waals surface area contributed by atoms with Crippen LogP contribution in [0.25, 0.3) is 0 Å². The Bertz CT molecular complexity index is 203. The van der Waals surface area contributed by atoms with Gasteiger partial charge in [-0.15, -0.1) is 0 Å². The summed E-state index contributed by atoms with van der Waals surface area (Å²) in [7, 11) is 0. The Morgan fingerprint density at radius 3 is 1.81 bits per heavy atom. The van der Waals surface area contributed by atoms with Gasteiger partial charge in [-0.05, 0) is 47.6 Å². The van der Waals surface area contributed by atoms with Gasteiger partial charge in [0, 0.05) is 17.1 Å². The number of aliphatic hydroxyl groups is 1. The van der Waals surface area contributed by atoms with E-state index < -0.39 is 6.23 Å². The maximum absolute atomic E-state index is 9.77. The van der Waals surface area contributed by atoms with Crippen LogP contribution in [0.1, 0.15) is 48.0 Å². The van der Waals surface area contributed by atoms with Crippen LogP contribution < -0.4 is 11.5 Å². The Kier molecular flexibility index (Phi) is 5.39. The number of nitrogens with two attached hydrogens (primary N) is 2. The lowest BCUT2D eigenvalue weighted by molar-refractivity contribution is -0.0341. The zero-order valence-corrected chi connectivity index (χ0v) is 11.6. The molecular weight excluding hydrogens is 202 g/mol. The van der Waals surface area contributed by atoms with Gasteiger partial charge in [0.05, 0.1) is 0 Å². The lowest BCUT2D eigenvalue weighted by Crippen LogP contribution is -2.60. The van der Waals surface area contributed by atoms with E-state index in [0.717, 1.165) is 13.0 Å². The smallest absolute Gasteiger partial charge is 0.104 e. The maximum Gasteiger partial charge on any atom is 0.104 e. The first-order chi connectivity index (χ1) is 6.99. The van der Waals surface area contributed by atoms with E-state index in [1.807, 2.05) is 39.5 Å². The highest BCUT2D eigenvalue weighted by atomic mass is 16.3. The fraction of sp³-hybridized carbons (Fsp3) is 1.00. The van der Waals surface area contributed by atoms with Crippen LogP contribution in [0.4, 0.5) is 0 Å². The summed E-state index contributed by atoms with van der Waals surface area (Å²) in [6.45, 7) is 12.5. The Balaban J connectivity index is 4.94. The van der Waals surface area contributed by atoms with Crippen molar-refractivity contribution in [3.8, 4) is 0 Å². The summed E-state index contributed by atoms with van der Waals surface area (Å²) in [6, 6.07) is 0.0671. The van der Waals surface area contributed by atoms with Crippen LogP contribution in [0, 0.1) is 0 Å². The first-order valence-corrected chi connectivity index (χ1v) is 6.00. The summed E-state index contributed by atoms with van der Waals surface area (Å²) in [5, 5.41) is 9.77. The van der Waals surface area contributed by atoms with Gasteiger partial charge < -0.3 is 16.6 Å². The molecule has 0 heterocycles. The molecule has 0 aliphatic rings. The fourth-order valence-corrected chi connectivity index (χ4v) is 2.05. The van der Waals surface area contributed by atoms with E-state index in [4.69, 9.17) is 11.5 Å². The molecule has 4 heteroatoms. The van der Waals surface area contributed by atoms with Crippen LogP contribution in [0.2, 0.25) is 0 Å². The average Bonchev–Trinajstić information content (AvgIpc) is 1.99. The Morgan fingerprint density at radius 2 is 1.62 bits per heavy atom. The quantitative estimate of drug-likeness (QED) is 0.593. The van der Waals surface area contributed by atoms with Crippen LogP contribution in [-0.4, -0.2) is 39.9 Å². The standard InChI is InChI=1S/C12H29N3O/c1-7-15(9(2)16)10(12(5,6)14)8-11(3,4)13/h9-10,16H,7-8,13-14H2,1-6H3. The number of likely N-dealkylation sites (N-methyl/N-ethyl adjacent to an activating group) is 1. The van der Waals surface area contributed by atoms with Crippen molar-refractivity contribution >= 4 is 0 Å². The molecule has 0 bridgehead atoms. The number of rotatable bonds is 6. The molecule has 0 fully saturated rings. The van der Waals surface area contributed by atoms with Crippen molar-refractivity contribution in [1.29, 1.82) is 0 Å². The molecule has 0 aromatic carbocycles. The van der Waals surface area contributed by atoms with Crippen molar-refractivity contribution in [2.75, 3.05) is 6.54 Å². The van der Waals surface area contributed by atoms with Crippen molar-refractivity contribution in [3.05, 3.63) is 0 Å². The molecule has 0 aromatic rings. The summed E-state index contributed by atoms with van der Waals surface area (Å²) in [5.74, 6) is 0. The van der Waals surface area contributed by atoms with Crippen LogP contribution >= 0.6 is 0 Å². The molecule has 0 aliphatic heterocycles. The molecule has 0 aromatic heterocycles. The third kappa shape index (κ3) is 5.25. The average molecular weight is 231 g/mol. The van der Waals surface area contributed by atoms with Crippen molar-refractivity contribution in [1.82, 2.24) is 4.90 Å². The summed E-state index contributed by atoms with van der Waals surface area (Å²) < 4.78 is 0. The Morgan fingerprint density at radius 1 is 1.19 bits per heavy atom. The van der Waals surface area contributed by atoms with Crippen LogP contribution in [0.5, 0.6) is 0 Å². The zero-order chi connectivity index (χ0) is 13.1. The van der Waals surface area contributed by atoms with E-state index in [0.29, 0.717) is 0 Å². The van der Waals surface area contributed by atoms with Gasteiger partial charge in [-0.2, -0.15) is 0 Å². The largest absolute Gasteiger partial charge is 0.379 e. The molecule has 2 atom stereocenters. The van der Waals surface area contributed by atoms with Crippen molar-refractivity contribution in [2.45, 2.75) is 71.3 Å². The second-order valence-electron chi connectivity index (χ2n) is 5.99. The van der Waals surface area contributed by atoms with Gasteiger partial charge in [0.2, 0.25) is 0 Å². The lowest BCUT2D eigenvalue weighted by Gasteiger charge is -2.43. The highest BCUT2D eigenvalue weighted by Gasteiger charge is 2.35. The third-order valence-corrected chi connectivity index (χ3v) is 2.82.